The molecule has 2 N–H and O–H groups in total. The third-order valence-electron chi connectivity index (χ3n) is 2.73. The third kappa shape index (κ3) is 4.61. The topological polar surface area (TPSA) is 40.5 Å². The summed E-state index contributed by atoms with van der Waals surface area (Å²) >= 11 is 0. The van der Waals surface area contributed by atoms with Crippen LogP contribution in [0.4, 0.5) is 0 Å². The van der Waals surface area contributed by atoms with Gasteiger partial charge in [-0.05, 0) is 50.3 Å². The van der Waals surface area contributed by atoms with E-state index in [9.17, 15) is 10.2 Å². The second-order valence-electron chi connectivity index (χ2n) is 5.26. The van der Waals surface area contributed by atoms with Crippen molar-refractivity contribution in [3.63, 3.8) is 0 Å². The summed E-state index contributed by atoms with van der Waals surface area (Å²) in [6.07, 6.45) is 4.55. The first-order chi connectivity index (χ1) is 7.79. The van der Waals surface area contributed by atoms with Crippen LogP contribution in [0.1, 0.15) is 44.2 Å². The number of phenols is 1. The summed E-state index contributed by atoms with van der Waals surface area (Å²) in [6, 6.07) is 5.75. The Balaban J connectivity index is 2.70. The predicted molar refractivity (Wildman–Crippen MR) is 71.3 cm³/mol. The lowest BCUT2D eigenvalue weighted by Crippen LogP contribution is -2.13. The lowest BCUT2D eigenvalue weighted by atomic mass is 9.95. The van der Waals surface area contributed by atoms with Gasteiger partial charge in [0.05, 0.1) is 5.60 Å². The molecule has 94 valence electrons. The minimum atomic E-state index is -0.769. The number of aromatic hydroxyl groups is 1. The lowest BCUT2D eigenvalue weighted by molar-refractivity contribution is 0.133. The highest BCUT2D eigenvalue weighted by Gasteiger charge is 2.10. The second-order valence-corrected chi connectivity index (χ2v) is 5.26. The van der Waals surface area contributed by atoms with Crippen LogP contribution in [-0.2, 0) is 0 Å². The Morgan fingerprint density at radius 2 is 2.00 bits per heavy atom. The van der Waals surface area contributed by atoms with Gasteiger partial charge in [-0.1, -0.05) is 31.2 Å². The van der Waals surface area contributed by atoms with E-state index >= 15 is 0 Å². The van der Waals surface area contributed by atoms with Crippen molar-refractivity contribution in [1.82, 2.24) is 0 Å². The predicted octanol–water partition coefficient (Wildman–Crippen LogP) is 3.52. The van der Waals surface area contributed by atoms with Crippen molar-refractivity contribution < 1.29 is 10.2 Å². The van der Waals surface area contributed by atoms with Crippen molar-refractivity contribution in [2.75, 3.05) is 0 Å². The van der Waals surface area contributed by atoms with Crippen molar-refractivity contribution in [2.24, 2.45) is 0 Å². The highest BCUT2D eigenvalue weighted by Crippen LogP contribution is 2.29. The smallest absolute Gasteiger partial charge is 0.119 e. The van der Waals surface area contributed by atoms with Gasteiger partial charge in [-0.25, -0.2) is 0 Å². The molecule has 17 heavy (non-hydrogen) atoms. The number of rotatable bonds is 4. The third-order valence-corrected chi connectivity index (χ3v) is 2.73. The second kappa shape index (κ2) is 5.37. The normalized spacial score (nSPS) is 14.2. The zero-order valence-corrected chi connectivity index (χ0v) is 11.1. The Morgan fingerprint density at radius 1 is 1.35 bits per heavy atom. The minimum absolute atomic E-state index is 0.245. The molecule has 1 rings (SSSR count). The van der Waals surface area contributed by atoms with Crippen LogP contribution in [0.15, 0.2) is 30.4 Å². The Kier molecular flexibility index (Phi) is 4.35. The van der Waals surface area contributed by atoms with Gasteiger partial charge in [0.1, 0.15) is 5.75 Å². The van der Waals surface area contributed by atoms with Crippen LogP contribution in [0.2, 0.25) is 0 Å². The molecular weight excluding hydrogens is 212 g/mol. The summed E-state index contributed by atoms with van der Waals surface area (Å²) in [7, 11) is 0. The van der Waals surface area contributed by atoms with Crippen molar-refractivity contribution in [2.45, 2.75) is 45.6 Å². The van der Waals surface area contributed by atoms with E-state index in [2.05, 4.69) is 6.92 Å². The van der Waals surface area contributed by atoms with Gasteiger partial charge in [-0.3, -0.25) is 0 Å². The first-order valence-corrected chi connectivity index (χ1v) is 5.99. The molecule has 0 unspecified atom stereocenters. The van der Waals surface area contributed by atoms with Gasteiger partial charge in [-0.2, -0.15) is 0 Å². The van der Waals surface area contributed by atoms with Crippen LogP contribution < -0.4 is 0 Å². The van der Waals surface area contributed by atoms with E-state index in [0.717, 1.165) is 17.5 Å². The highest BCUT2D eigenvalue weighted by atomic mass is 16.3. The fourth-order valence-corrected chi connectivity index (χ4v) is 1.76. The van der Waals surface area contributed by atoms with E-state index < -0.39 is 5.60 Å². The first kappa shape index (κ1) is 13.8. The van der Waals surface area contributed by atoms with Gasteiger partial charge in [0, 0.05) is 0 Å². The summed E-state index contributed by atoms with van der Waals surface area (Å²) in [5, 5.41) is 19.4. The largest absolute Gasteiger partial charge is 0.508 e. The molecule has 0 radical (unpaired) electrons. The van der Waals surface area contributed by atoms with Gasteiger partial charge >= 0.3 is 0 Å². The van der Waals surface area contributed by atoms with E-state index in [1.54, 1.807) is 26.0 Å². The molecule has 0 fully saturated rings. The molecule has 1 atom stereocenters. The standard InChI is InChI=1S/C15H22O2/c1-11-7-8-13(14(16)10-11)12(2)6-5-9-15(3,4)17/h5,7-10,12,16-17H,6H2,1-4H3/b9-5+/t12-/m0/s1. The van der Waals surface area contributed by atoms with Crippen LogP contribution in [0.3, 0.4) is 0 Å². The number of benzene rings is 1. The molecule has 2 nitrogen and oxygen atoms in total. The van der Waals surface area contributed by atoms with E-state index in [1.807, 2.05) is 25.1 Å². The molecule has 0 aliphatic carbocycles. The maximum atomic E-state index is 9.85. The van der Waals surface area contributed by atoms with Crippen molar-refractivity contribution >= 4 is 0 Å². The Bertz CT molecular complexity index is 400. The Morgan fingerprint density at radius 3 is 2.53 bits per heavy atom. The molecule has 0 aromatic heterocycles. The summed E-state index contributed by atoms with van der Waals surface area (Å²) < 4.78 is 0. The van der Waals surface area contributed by atoms with E-state index in [-0.39, 0.29) is 5.92 Å². The van der Waals surface area contributed by atoms with Gasteiger partial charge in [0.15, 0.2) is 0 Å². The molecule has 0 saturated heterocycles. The summed E-state index contributed by atoms with van der Waals surface area (Å²) in [5.74, 6) is 0.600. The molecule has 0 bridgehead atoms. The number of phenolic OH excluding ortho intramolecular Hbond substituents is 1. The van der Waals surface area contributed by atoms with Crippen LogP contribution in [-0.4, -0.2) is 15.8 Å². The minimum Gasteiger partial charge on any atom is -0.508 e. The van der Waals surface area contributed by atoms with Crippen LogP contribution in [0, 0.1) is 6.92 Å². The number of hydrogen-bond acceptors (Lipinski definition) is 2. The van der Waals surface area contributed by atoms with Gasteiger partial charge in [-0.15, -0.1) is 0 Å². The highest BCUT2D eigenvalue weighted by molar-refractivity contribution is 5.38. The van der Waals surface area contributed by atoms with E-state index in [0.29, 0.717) is 5.75 Å². The number of aliphatic hydroxyl groups is 1. The molecule has 1 aromatic rings. The number of hydrogen-bond donors (Lipinski definition) is 2. The van der Waals surface area contributed by atoms with Gasteiger partial charge < -0.3 is 10.2 Å². The number of allylic oxidation sites excluding steroid dienone is 1. The first-order valence-electron chi connectivity index (χ1n) is 5.99. The lowest BCUT2D eigenvalue weighted by Gasteiger charge is -2.14. The molecule has 0 aliphatic rings. The summed E-state index contributed by atoms with van der Waals surface area (Å²) in [6.45, 7) is 7.52. The number of aryl methyl sites for hydroxylation is 1. The maximum absolute atomic E-state index is 9.85. The van der Waals surface area contributed by atoms with E-state index in [1.165, 1.54) is 0 Å². The Labute approximate surface area is 104 Å². The fourth-order valence-electron chi connectivity index (χ4n) is 1.76. The molecular formula is C15H22O2. The Hall–Kier alpha value is -1.28. The molecule has 0 aliphatic heterocycles. The summed E-state index contributed by atoms with van der Waals surface area (Å²) in [4.78, 5) is 0. The molecule has 0 saturated carbocycles. The zero-order valence-electron chi connectivity index (χ0n) is 11.1. The molecule has 2 heteroatoms. The zero-order chi connectivity index (χ0) is 13.1. The van der Waals surface area contributed by atoms with Crippen molar-refractivity contribution in [3.05, 3.63) is 41.5 Å². The molecule has 0 spiro atoms. The van der Waals surface area contributed by atoms with Crippen LogP contribution in [0.5, 0.6) is 5.75 Å². The van der Waals surface area contributed by atoms with Crippen molar-refractivity contribution in [1.29, 1.82) is 0 Å². The average molecular weight is 234 g/mol. The summed E-state index contributed by atoms with van der Waals surface area (Å²) in [5.41, 5.74) is 1.25. The van der Waals surface area contributed by atoms with Gasteiger partial charge in [0.25, 0.3) is 0 Å². The maximum Gasteiger partial charge on any atom is 0.119 e. The SMILES string of the molecule is Cc1ccc([C@@H](C)C/C=C/C(C)(C)O)c(O)c1. The van der Waals surface area contributed by atoms with Crippen molar-refractivity contribution in [3.8, 4) is 5.75 Å². The average Bonchev–Trinajstić information content (AvgIpc) is 2.15. The van der Waals surface area contributed by atoms with Gasteiger partial charge in [0.2, 0.25) is 0 Å². The van der Waals surface area contributed by atoms with Crippen LogP contribution in [0.25, 0.3) is 0 Å². The molecule has 1 aromatic carbocycles. The molecule has 0 heterocycles. The monoisotopic (exact) mass is 234 g/mol. The van der Waals surface area contributed by atoms with Crippen LogP contribution >= 0.6 is 0 Å². The fraction of sp³-hybridized carbons (Fsp3) is 0.467. The molecule has 0 amide bonds. The van der Waals surface area contributed by atoms with E-state index in [4.69, 9.17) is 0 Å². The quantitative estimate of drug-likeness (QED) is 0.782.